The molecule has 142 valence electrons. The Morgan fingerprint density at radius 2 is 1.82 bits per heavy atom. The lowest BCUT2D eigenvalue weighted by atomic mass is 9.97. The molecule has 4 nitrogen and oxygen atoms in total. The molecular formula is C24H24N2O2. The van der Waals surface area contributed by atoms with E-state index in [0.29, 0.717) is 6.79 Å². The molecule has 3 aromatic rings. The first-order valence-corrected chi connectivity index (χ1v) is 10.2. The average molecular weight is 372 g/mol. The largest absolute Gasteiger partial charge is 0.454 e. The molecule has 1 aliphatic carbocycles. The predicted molar refractivity (Wildman–Crippen MR) is 111 cm³/mol. The van der Waals surface area contributed by atoms with Crippen molar-refractivity contribution in [2.45, 2.75) is 19.3 Å². The van der Waals surface area contributed by atoms with E-state index in [1.807, 2.05) is 0 Å². The van der Waals surface area contributed by atoms with Crippen LogP contribution in [0.25, 0.3) is 16.5 Å². The zero-order chi connectivity index (χ0) is 18.5. The number of aromatic nitrogens is 1. The standard InChI is InChI=1S/C24H24N2O2/c1-2-4-19-10-16(9-18(19)3-1)14-26-7-5-17(6-8-26)21-13-25-22-12-24-23(11-20(21)22)27-15-28-24/h1-5,11-13,16,25H,6-10,14-15H2. The molecule has 3 aliphatic rings. The Morgan fingerprint density at radius 1 is 1.04 bits per heavy atom. The summed E-state index contributed by atoms with van der Waals surface area (Å²) in [5.74, 6) is 2.45. The smallest absolute Gasteiger partial charge is 0.231 e. The van der Waals surface area contributed by atoms with Gasteiger partial charge in [-0.05, 0) is 47.9 Å². The van der Waals surface area contributed by atoms with Gasteiger partial charge in [0.25, 0.3) is 0 Å². The zero-order valence-electron chi connectivity index (χ0n) is 15.9. The van der Waals surface area contributed by atoms with Crippen molar-refractivity contribution in [2.24, 2.45) is 5.92 Å². The highest BCUT2D eigenvalue weighted by atomic mass is 16.7. The van der Waals surface area contributed by atoms with E-state index < -0.39 is 0 Å². The molecule has 0 saturated heterocycles. The van der Waals surface area contributed by atoms with Crippen molar-refractivity contribution in [1.82, 2.24) is 9.88 Å². The molecule has 2 aromatic carbocycles. The molecule has 2 aliphatic heterocycles. The maximum Gasteiger partial charge on any atom is 0.231 e. The van der Waals surface area contributed by atoms with Gasteiger partial charge in [0.2, 0.25) is 6.79 Å². The van der Waals surface area contributed by atoms with Crippen molar-refractivity contribution in [2.75, 3.05) is 26.4 Å². The number of aromatic amines is 1. The highest BCUT2D eigenvalue weighted by Crippen LogP contribution is 2.39. The second-order valence-corrected chi connectivity index (χ2v) is 8.24. The van der Waals surface area contributed by atoms with Crippen LogP contribution in [0.1, 0.15) is 23.1 Å². The Morgan fingerprint density at radius 3 is 2.57 bits per heavy atom. The third kappa shape index (κ3) is 2.71. The molecular weight excluding hydrogens is 348 g/mol. The molecule has 0 bridgehead atoms. The lowest BCUT2D eigenvalue weighted by molar-refractivity contribution is 0.174. The lowest BCUT2D eigenvalue weighted by Crippen LogP contribution is -2.33. The summed E-state index contributed by atoms with van der Waals surface area (Å²) in [5, 5.41) is 1.23. The summed E-state index contributed by atoms with van der Waals surface area (Å²) < 4.78 is 11.1. The highest BCUT2D eigenvalue weighted by Gasteiger charge is 2.25. The summed E-state index contributed by atoms with van der Waals surface area (Å²) in [6, 6.07) is 13.1. The molecule has 0 saturated carbocycles. The maximum absolute atomic E-state index is 5.57. The van der Waals surface area contributed by atoms with E-state index in [9.17, 15) is 0 Å². The van der Waals surface area contributed by atoms with E-state index in [4.69, 9.17) is 9.47 Å². The highest BCUT2D eigenvalue weighted by molar-refractivity contribution is 5.95. The number of hydrogen-bond acceptors (Lipinski definition) is 3. The van der Waals surface area contributed by atoms with Gasteiger partial charge in [0.15, 0.2) is 11.5 Å². The van der Waals surface area contributed by atoms with Crippen molar-refractivity contribution in [3.63, 3.8) is 0 Å². The summed E-state index contributed by atoms with van der Waals surface area (Å²) in [7, 11) is 0. The van der Waals surface area contributed by atoms with Crippen molar-refractivity contribution in [1.29, 1.82) is 0 Å². The van der Waals surface area contributed by atoms with Crippen LogP contribution in [0.3, 0.4) is 0 Å². The number of rotatable bonds is 3. The first-order valence-electron chi connectivity index (χ1n) is 10.2. The van der Waals surface area contributed by atoms with Crippen LogP contribution in [0, 0.1) is 5.92 Å². The van der Waals surface area contributed by atoms with Crippen molar-refractivity contribution >= 4 is 16.5 Å². The number of benzene rings is 2. The fraction of sp³-hybridized carbons (Fsp3) is 0.333. The van der Waals surface area contributed by atoms with E-state index in [2.05, 4.69) is 58.6 Å². The summed E-state index contributed by atoms with van der Waals surface area (Å²) in [6.45, 7) is 3.69. The molecule has 3 heterocycles. The Labute approximate surface area is 164 Å². The molecule has 1 N–H and O–H groups in total. The average Bonchev–Trinajstić information content (AvgIpc) is 3.44. The summed E-state index contributed by atoms with van der Waals surface area (Å²) in [6.07, 6.45) is 8.12. The lowest BCUT2D eigenvalue weighted by Gasteiger charge is -2.28. The van der Waals surface area contributed by atoms with Crippen molar-refractivity contribution in [3.8, 4) is 11.5 Å². The maximum atomic E-state index is 5.57. The van der Waals surface area contributed by atoms with Gasteiger partial charge in [0.1, 0.15) is 0 Å². The van der Waals surface area contributed by atoms with Gasteiger partial charge in [0, 0.05) is 48.4 Å². The minimum atomic E-state index is 0.319. The van der Waals surface area contributed by atoms with E-state index in [1.165, 1.54) is 35.9 Å². The van der Waals surface area contributed by atoms with Gasteiger partial charge in [-0.15, -0.1) is 0 Å². The Bertz CT molecular complexity index is 1060. The first kappa shape index (κ1) is 16.3. The van der Waals surface area contributed by atoms with Crippen LogP contribution >= 0.6 is 0 Å². The minimum Gasteiger partial charge on any atom is -0.454 e. The first-order chi connectivity index (χ1) is 13.8. The fourth-order valence-corrected chi connectivity index (χ4v) is 5.04. The molecule has 0 amide bonds. The van der Waals surface area contributed by atoms with Gasteiger partial charge in [-0.1, -0.05) is 30.3 Å². The van der Waals surface area contributed by atoms with Crippen molar-refractivity contribution in [3.05, 3.63) is 65.4 Å². The summed E-state index contributed by atoms with van der Waals surface area (Å²) >= 11 is 0. The molecule has 28 heavy (non-hydrogen) atoms. The molecule has 0 atom stereocenters. The molecule has 0 radical (unpaired) electrons. The minimum absolute atomic E-state index is 0.319. The van der Waals surface area contributed by atoms with Crippen molar-refractivity contribution < 1.29 is 9.47 Å². The van der Waals surface area contributed by atoms with Crippen LogP contribution in [-0.2, 0) is 12.8 Å². The number of nitrogens with zero attached hydrogens (tertiary/aromatic N) is 1. The quantitative estimate of drug-likeness (QED) is 0.740. The second-order valence-electron chi connectivity index (χ2n) is 8.24. The third-order valence-electron chi connectivity index (χ3n) is 6.47. The predicted octanol–water partition coefficient (Wildman–Crippen LogP) is 4.40. The molecule has 1 aromatic heterocycles. The van der Waals surface area contributed by atoms with E-state index in [-0.39, 0.29) is 0 Å². The molecule has 0 unspecified atom stereocenters. The summed E-state index contributed by atoms with van der Waals surface area (Å²) in [4.78, 5) is 6.02. The van der Waals surface area contributed by atoms with Gasteiger partial charge >= 0.3 is 0 Å². The monoisotopic (exact) mass is 372 g/mol. The van der Waals surface area contributed by atoms with E-state index in [1.54, 1.807) is 11.1 Å². The number of ether oxygens (including phenoxy) is 2. The van der Waals surface area contributed by atoms with E-state index in [0.717, 1.165) is 42.4 Å². The third-order valence-corrected chi connectivity index (χ3v) is 6.47. The molecule has 0 fully saturated rings. The normalized spacial score (nSPS) is 19.2. The van der Waals surface area contributed by atoms with Gasteiger partial charge in [0.05, 0.1) is 0 Å². The molecule has 4 heteroatoms. The summed E-state index contributed by atoms with van der Waals surface area (Å²) in [5.41, 5.74) is 6.97. The number of nitrogens with one attached hydrogen (secondary N) is 1. The number of hydrogen-bond donors (Lipinski definition) is 1. The molecule has 6 rings (SSSR count). The van der Waals surface area contributed by atoms with E-state index >= 15 is 0 Å². The Balaban J connectivity index is 1.17. The SMILES string of the molecule is C1=C(c2c[nH]c3cc4c(cc23)OCO4)CCN(CC2Cc3ccccc3C2)C1. The topological polar surface area (TPSA) is 37.5 Å². The Hall–Kier alpha value is -2.72. The number of fused-ring (bicyclic) bond motifs is 3. The fourth-order valence-electron chi connectivity index (χ4n) is 5.04. The van der Waals surface area contributed by atoms with Crippen LogP contribution in [0.2, 0.25) is 0 Å². The van der Waals surface area contributed by atoms with Gasteiger partial charge in [-0.25, -0.2) is 0 Å². The Kier molecular flexibility index (Phi) is 3.73. The molecule has 0 spiro atoms. The van der Waals surface area contributed by atoms with Crippen LogP contribution in [0.5, 0.6) is 11.5 Å². The van der Waals surface area contributed by atoms with Gasteiger partial charge in [-0.2, -0.15) is 0 Å². The zero-order valence-corrected chi connectivity index (χ0v) is 15.9. The van der Waals surface area contributed by atoms with Crippen LogP contribution in [0.15, 0.2) is 48.7 Å². The van der Waals surface area contributed by atoms with Crippen LogP contribution in [-0.4, -0.2) is 36.3 Å². The second kappa shape index (κ2) is 6.42. The van der Waals surface area contributed by atoms with Gasteiger partial charge < -0.3 is 14.5 Å². The van der Waals surface area contributed by atoms with Crippen LogP contribution in [0.4, 0.5) is 0 Å². The number of H-pyrrole nitrogens is 1. The van der Waals surface area contributed by atoms with Crippen LogP contribution < -0.4 is 9.47 Å². The van der Waals surface area contributed by atoms with Gasteiger partial charge in [-0.3, -0.25) is 4.90 Å².